The number of carboxylic acids is 1. The fourth-order valence-corrected chi connectivity index (χ4v) is 1.28. The first-order chi connectivity index (χ1) is 7.56. The number of hydrogen-bond acceptors (Lipinski definition) is 3. The molecule has 0 aliphatic heterocycles. The Labute approximate surface area is 93.7 Å². The molecule has 0 aliphatic carbocycles. The number of benzene rings is 1. The second-order valence-corrected chi connectivity index (χ2v) is 3.26. The predicted molar refractivity (Wildman–Crippen MR) is 64.6 cm³/mol. The normalized spacial score (nSPS) is 10.4. The molecule has 0 bridgehead atoms. The van der Waals surface area contributed by atoms with Crippen LogP contribution < -0.4 is 5.01 Å². The zero-order valence-corrected chi connectivity index (χ0v) is 9.21. The third-order valence-electron chi connectivity index (χ3n) is 2.04. The summed E-state index contributed by atoms with van der Waals surface area (Å²) in [4.78, 5) is 14.5. The van der Waals surface area contributed by atoms with E-state index in [9.17, 15) is 4.79 Å². The van der Waals surface area contributed by atoms with Gasteiger partial charge in [-0.2, -0.15) is 5.10 Å². The van der Waals surface area contributed by atoms with Crippen molar-refractivity contribution in [2.24, 2.45) is 10.1 Å². The zero-order valence-electron chi connectivity index (χ0n) is 9.21. The molecule has 0 amide bonds. The fraction of sp³-hybridized carbons (Fsp3) is 0.182. The minimum atomic E-state index is -0.979. The molecule has 0 atom stereocenters. The van der Waals surface area contributed by atoms with E-state index in [1.165, 1.54) is 11.3 Å². The topological polar surface area (TPSA) is 65.3 Å². The third-order valence-corrected chi connectivity index (χ3v) is 2.04. The van der Waals surface area contributed by atoms with Gasteiger partial charge < -0.3 is 5.11 Å². The summed E-state index contributed by atoms with van der Waals surface area (Å²) in [6, 6.07) is 5.14. The Morgan fingerprint density at radius 3 is 2.81 bits per heavy atom. The molecule has 0 unspecified atom stereocenters. The van der Waals surface area contributed by atoms with Crippen LogP contribution in [-0.2, 0) is 0 Å². The van der Waals surface area contributed by atoms with Crippen molar-refractivity contribution in [1.29, 1.82) is 0 Å². The van der Waals surface area contributed by atoms with Crippen LogP contribution in [0.15, 0.2) is 28.3 Å². The first-order valence-corrected chi connectivity index (χ1v) is 4.62. The van der Waals surface area contributed by atoms with Crippen molar-refractivity contribution < 1.29 is 9.90 Å². The largest absolute Gasteiger partial charge is 0.478 e. The van der Waals surface area contributed by atoms with Crippen LogP contribution in [0.3, 0.4) is 0 Å². The zero-order chi connectivity index (χ0) is 12.1. The monoisotopic (exact) mass is 219 g/mol. The van der Waals surface area contributed by atoms with Gasteiger partial charge in [0.25, 0.3) is 0 Å². The Bertz CT molecular complexity index is 441. The van der Waals surface area contributed by atoms with Crippen LogP contribution in [-0.4, -0.2) is 31.2 Å². The predicted octanol–water partition coefficient (Wildman–Crippen LogP) is 1.77. The standard InChI is InChI=1S/C11H13N3O2/c1-8-4-5-10(9(6-8)11(15)16)14(3)13-7-12-2/h4-7H,2H2,1,3H3,(H,15,16)/b13-7-. The van der Waals surface area contributed by atoms with Gasteiger partial charge in [0.2, 0.25) is 0 Å². The number of hydrogen-bond donors (Lipinski definition) is 1. The van der Waals surface area contributed by atoms with Gasteiger partial charge in [-0.05, 0) is 25.8 Å². The first kappa shape index (κ1) is 11.9. The molecule has 1 aromatic rings. The highest BCUT2D eigenvalue weighted by Gasteiger charge is 2.12. The summed E-state index contributed by atoms with van der Waals surface area (Å²) in [5, 5.41) is 14.4. The number of nitrogens with zero attached hydrogens (tertiary/aromatic N) is 3. The maximum Gasteiger partial charge on any atom is 0.337 e. The van der Waals surface area contributed by atoms with Gasteiger partial charge in [-0.15, -0.1) is 0 Å². The van der Waals surface area contributed by atoms with E-state index in [0.29, 0.717) is 5.69 Å². The molecule has 0 radical (unpaired) electrons. The number of carbonyl (C=O) groups is 1. The molecule has 1 aromatic carbocycles. The van der Waals surface area contributed by atoms with Crippen LogP contribution in [0.25, 0.3) is 0 Å². The van der Waals surface area contributed by atoms with Crippen molar-refractivity contribution in [3.63, 3.8) is 0 Å². The number of anilines is 1. The molecule has 1 N–H and O–H groups in total. The quantitative estimate of drug-likeness (QED) is 0.477. The molecule has 1 rings (SSSR count). The van der Waals surface area contributed by atoms with E-state index in [4.69, 9.17) is 5.11 Å². The van der Waals surface area contributed by atoms with Crippen molar-refractivity contribution in [2.45, 2.75) is 6.92 Å². The van der Waals surface area contributed by atoms with Crippen molar-refractivity contribution >= 4 is 24.7 Å². The van der Waals surface area contributed by atoms with Gasteiger partial charge in [-0.3, -0.25) is 10.0 Å². The van der Waals surface area contributed by atoms with Gasteiger partial charge in [0.1, 0.15) is 6.34 Å². The smallest absolute Gasteiger partial charge is 0.337 e. The second kappa shape index (κ2) is 5.06. The van der Waals surface area contributed by atoms with Crippen LogP contribution in [0.5, 0.6) is 0 Å². The van der Waals surface area contributed by atoms with E-state index < -0.39 is 5.97 Å². The molecular formula is C11H13N3O2. The van der Waals surface area contributed by atoms with Gasteiger partial charge in [0.15, 0.2) is 0 Å². The molecule has 16 heavy (non-hydrogen) atoms. The molecule has 0 fully saturated rings. The number of aromatic carboxylic acids is 1. The van der Waals surface area contributed by atoms with Crippen molar-refractivity contribution in [3.05, 3.63) is 29.3 Å². The Kier molecular flexibility index (Phi) is 3.77. The highest BCUT2D eigenvalue weighted by Crippen LogP contribution is 2.21. The lowest BCUT2D eigenvalue weighted by atomic mass is 10.1. The van der Waals surface area contributed by atoms with Crippen molar-refractivity contribution in [3.8, 4) is 0 Å². The summed E-state index contributed by atoms with van der Waals surface area (Å²) in [5.74, 6) is -0.979. The molecule has 5 nitrogen and oxygen atoms in total. The van der Waals surface area contributed by atoms with E-state index in [1.807, 2.05) is 13.0 Å². The molecule has 0 aliphatic rings. The molecule has 0 aromatic heterocycles. The van der Waals surface area contributed by atoms with Gasteiger partial charge >= 0.3 is 5.97 Å². The maximum atomic E-state index is 11.0. The lowest BCUT2D eigenvalue weighted by Gasteiger charge is -2.15. The summed E-state index contributed by atoms with van der Waals surface area (Å²) in [7, 11) is 1.65. The van der Waals surface area contributed by atoms with Crippen LogP contribution in [0.2, 0.25) is 0 Å². The average Bonchev–Trinajstić information content (AvgIpc) is 2.25. The van der Waals surface area contributed by atoms with E-state index in [1.54, 1.807) is 19.2 Å². The lowest BCUT2D eigenvalue weighted by molar-refractivity contribution is 0.0697. The molecule has 0 saturated heterocycles. The van der Waals surface area contributed by atoms with Gasteiger partial charge in [0, 0.05) is 7.05 Å². The summed E-state index contributed by atoms with van der Waals surface area (Å²) < 4.78 is 0. The Morgan fingerprint density at radius 2 is 2.25 bits per heavy atom. The van der Waals surface area contributed by atoms with Crippen LogP contribution in [0, 0.1) is 6.92 Å². The van der Waals surface area contributed by atoms with Gasteiger partial charge in [-0.1, -0.05) is 11.6 Å². The van der Waals surface area contributed by atoms with E-state index in [2.05, 4.69) is 16.8 Å². The SMILES string of the molecule is C=N/C=N\N(C)c1ccc(C)cc1C(=O)O. The van der Waals surface area contributed by atoms with Crippen LogP contribution >= 0.6 is 0 Å². The Hall–Kier alpha value is -2.17. The number of carboxylic acid groups (broad SMARTS) is 1. The summed E-state index contributed by atoms with van der Waals surface area (Å²) in [6.07, 6.45) is 1.26. The van der Waals surface area contributed by atoms with Crippen molar-refractivity contribution in [2.75, 3.05) is 12.1 Å². The summed E-state index contributed by atoms with van der Waals surface area (Å²) >= 11 is 0. The Balaban J connectivity index is 3.16. The van der Waals surface area contributed by atoms with Gasteiger partial charge in [-0.25, -0.2) is 4.79 Å². The van der Waals surface area contributed by atoms with Crippen molar-refractivity contribution in [1.82, 2.24) is 0 Å². The highest BCUT2D eigenvalue weighted by atomic mass is 16.4. The highest BCUT2D eigenvalue weighted by molar-refractivity contribution is 5.94. The van der Waals surface area contributed by atoms with E-state index in [-0.39, 0.29) is 5.56 Å². The summed E-state index contributed by atoms with van der Waals surface area (Å²) in [5.41, 5.74) is 1.61. The van der Waals surface area contributed by atoms with E-state index >= 15 is 0 Å². The third kappa shape index (κ3) is 2.66. The minimum Gasteiger partial charge on any atom is -0.478 e. The number of hydrazone groups is 1. The fourth-order valence-electron chi connectivity index (χ4n) is 1.28. The second-order valence-electron chi connectivity index (χ2n) is 3.26. The molecule has 0 saturated carbocycles. The molecule has 0 heterocycles. The average molecular weight is 219 g/mol. The Morgan fingerprint density at radius 1 is 1.56 bits per heavy atom. The van der Waals surface area contributed by atoms with Crippen LogP contribution in [0.1, 0.15) is 15.9 Å². The van der Waals surface area contributed by atoms with E-state index in [0.717, 1.165) is 5.56 Å². The molecular weight excluding hydrogens is 206 g/mol. The summed E-state index contributed by atoms with van der Waals surface area (Å²) in [6.45, 7) is 5.09. The number of aliphatic imine (C=N–C) groups is 1. The molecule has 0 spiro atoms. The maximum absolute atomic E-state index is 11.0. The minimum absolute atomic E-state index is 0.212. The number of aryl methyl sites for hydroxylation is 1. The number of rotatable bonds is 4. The van der Waals surface area contributed by atoms with Crippen LogP contribution in [0.4, 0.5) is 5.69 Å². The lowest BCUT2D eigenvalue weighted by Crippen LogP contribution is -2.13. The van der Waals surface area contributed by atoms with Gasteiger partial charge in [0.05, 0.1) is 11.3 Å². The molecule has 84 valence electrons. The molecule has 5 heteroatoms. The first-order valence-electron chi connectivity index (χ1n) is 4.62.